The summed E-state index contributed by atoms with van der Waals surface area (Å²) in [5.41, 5.74) is 5.74. The minimum absolute atomic E-state index is 0.0277. The van der Waals surface area contributed by atoms with E-state index in [2.05, 4.69) is 101 Å². The molecule has 2 aromatic rings. The Morgan fingerprint density at radius 1 is 0.605 bits per heavy atom. The van der Waals surface area contributed by atoms with Crippen LogP contribution in [0.25, 0.3) is 11.1 Å². The number of carbonyl (C=O) groups is 2. The second kappa shape index (κ2) is 8.18. The average Bonchev–Trinajstić information content (AvgIpc) is 3.38. The van der Waals surface area contributed by atoms with Gasteiger partial charge in [0, 0.05) is 45.8 Å². The predicted octanol–water partition coefficient (Wildman–Crippen LogP) is 8.00. The van der Waals surface area contributed by atoms with Gasteiger partial charge in [0.25, 0.3) is 0 Å². The Labute approximate surface area is 227 Å². The molecular formula is C34H40N2O2. The van der Waals surface area contributed by atoms with Gasteiger partial charge in [-0.25, -0.2) is 0 Å². The fourth-order valence-electron chi connectivity index (χ4n) is 8.03. The molecule has 6 rings (SSSR count). The van der Waals surface area contributed by atoms with E-state index in [0.717, 1.165) is 59.3 Å². The number of hydrogen-bond acceptors (Lipinski definition) is 4. The van der Waals surface area contributed by atoms with Gasteiger partial charge >= 0.3 is 0 Å². The highest BCUT2D eigenvalue weighted by Crippen LogP contribution is 2.66. The van der Waals surface area contributed by atoms with Crippen molar-refractivity contribution < 1.29 is 9.59 Å². The Balaban J connectivity index is 1.12. The summed E-state index contributed by atoms with van der Waals surface area (Å²) in [7, 11) is 0. The number of Topliss-reactive ketones (excluding diaryl/α,β-unsaturated/α-hetero) is 2. The zero-order chi connectivity index (χ0) is 27.1. The molecule has 4 atom stereocenters. The number of allylic oxidation sites excluding steroid dienone is 2. The maximum absolute atomic E-state index is 13.1. The molecule has 0 aromatic heterocycles. The van der Waals surface area contributed by atoms with E-state index in [9.17, 15) is 9.59 Å². The average molecular weight is 509 g/mol. The van der Waals surface area contributed by atoms with Crippen molar-refractivity contribution in [3.05, 3.63) is 72.1 Å². The van der Waals surface area contributed by atoms with E-state index in [-0.39, 0.29) is 21.7 Å². The monoisotopic (exact) mass is 508 g/mol. The van der Waals surface area contributed by atoms with Crippen molar-refractivity contribution in [2.45, 2.75) is 67.2 Å². The van der Waals surface area contributed by atoms with Crippen LogP contribution in [0.1, 0.15) is 67.2 Å². The number of fused-ring (bicyclic) bond motifs is 4. The van der Waals surface area contributed by atoms with Crippen LogP contribution >= 0.6 is 0 Å². The first-order valence-corrected chi connectivity index (χ1v) is 14.1. The van der Waals surface area contributed by atoms with Crippen molar-refractivity contribution in [2.24, 2.45) is 33.5 Å². The number of carbonyl (C=O) groups excluding carboxylic acids is 2. The summed E-state index contributed by atoms with van der Waals surface area (Å²) in [5, 5.41) is 6.77. The molecule has 4 heteroatoms. The minimum Gasteiger partial charge on any atom is -0.361 e. The highest BCUT2D eigenvalue weighted by Gasteiger charge is 2.64. The molecule has 198 valence electrons. The normalized spacial score (nSPS) is 34.5. The number of rotatable bonds is 5. The zero-order valence-electron chi connectivity index (χ0n) is 23.6. The van der Waals surface area contributed by atoms with Gasteiger partial charge in [0.2, 0.25) is 0 Å². The van der Waals surface area contributed by atoms with E-state index in [1.807, 2.05) is 12.4 Å². The van der Waals surface area contributed by atoms with Crippen LogP contribution in [0.3, 0.4) is 0 Å². The quantitative estimate of drug-likeness (QED) is 0.402. The molecule has 0 heterocycles. The number of benzene rings is 2. The number of anilines is 2. The molecule has 4 aliphatic rings. The molecule has 0 aliphatic heterocycles. The van der Waals surface area contributed by atoms with Gasteiger partial charge in [-0.1, -0.05) is 65.8 Å². The van der Waals surface area contributed by atoms with Crippen molar-refractivity contribution >= 4 is 22.9 Å². The Morgan fingerprint density at radius 3 is 1.24 bits per heavy atom. The molecule has 2 aromatic carbocycles. The van der Waals surface area contributed by atoms with E-state index in [4.69, 9.17) is 0 Å². The van der Waals surface area contributed by atoms with Crippen LogP contribution in [-0.2, 0) is 9.59 Å². The van der Waals surface area contributed by atoms with Crippen LogP contribution in [0.15, 0.2) is 72.1 Å². The first-order valence-electron chi connectivity index (χ1n) is 14.1. The Hall–Kier alpha value is -3.14. The van der Waals surface area contributed by atoms with Crippen molar-refractivity contribution in [3.8, 4) is 11.1 Å². The van der Waals surface area contributed by atoms with Gasteiger partial charge in [0.05, 0.1) is 0 Å². The lowest BCUT2D eigenvalue weighted by atomic mass is 9.70. The van der Waals surface area contributed by atoms with Gasteiger partial charge in [-0.3, -0.25) is 9.59 Å². The number of ketones is 2. The summed E-state index contributed by atoms with van der Waals surface area (Å²) >= 11 is 0. The van der Waals surface area contributed by atoms with Crippen LogP contribution in [0.5, 0.6) is 0 Å². The summed E-state index contributed by atoms with van der Waals surface area (Å²) in [5.74, 6) is 1.31. The summed E-state index contributed by atoms with van der Waals surface area (Å²) in [4.78, 5) is 26.1. The zero-order valence-corrected chi connectivity index (χ0v) is 23.6. The van der Waals surface area contributed by atoms with Gasteiger partial charge in [-0.05, 0) is 83.7 Å². The van der Waals surface area contributed by atoms with Gasteiger partial charge < -0.3 is 10.6 Å². The minimum atomic E-state index is -0.229. The van der Waals surface area contributed by atoms with Crippen LogP contribution in [0.2, 0.25) is 0 Å². The van der Waals surface area contributed by atoms with Gasteiger partial charge in [0.15, 0.2) is 11.6 Å². The van der Waals surface area contributed by atoms with Gasteiger partial charge in [0.1, 0.15) is 0 Å². The van der Waals surface area contributed by atoms with Crippen LogP contribution in [0, 0.1) is 33.5 Å². The second-order valence-electron chi connectivity index (χ2n) is 13.6. The number of hydrogen-bond donors (Lipinski definition) is 2. The molecule has 0 amide bonds. The van der Waals surface area contributed by atoms with E-state index < -0.39 is 0 Å². The highest BCUT2D eigenvalue weighted by molar-refractivity contribution is 6.05. The third-order valence-electron chi connectivity index (χ3n) is 11.6. The smallest absolute Gasteiger partial charge is 0.167 e. The van der Waals surface area contributed by atoms with E-state index in [1.165, 1.54) is 0 Å². The van der Waals surface area contributed by atoms with Crippen molar-refractivity contribution in [1.29, 1.82) is 0 Å². The first-order chi connectivity index (χ1) is 17.9. The van der Waals surface area contributed by atoms with E-state index in [1.54, 1.807) is 0 Å². The predicted molar refractivity (Wildman–Crippen MR) is 155 cm³/mol. The summed E-state index contributed by atoms with van der Waals surface area (Å²) in [6, 6.07) is 16.7. The SMILES string of the molecule is CC12CCC(C(=CNc3ccc(-c4ccc(NC=C5C(=O)C6(C)CCC5C6(C)C)cc4)cc3)C1=O)C2(C)C. The Bertz CT molecular complexity index is 1270. The van der Waals surface area contributed by atoms with Crippen molar-refractivity contribution in [3.63, 3.8) is 0 Å². The van der Waals surface area contributed by atoms with Gasteiger partial charge in [-0.15, -0.1) is 0 Å². The molecule has 4 fully saturated rings. The second-order valence-corrected chi connectivity index (χ2v) is 13.6. The van der Waals surface area contributed by atoms with Crippen molar-refractivity contribution in [1.82, 2.24) is 0 Å². The van der Waals surface area contributed by atoms with Crippen LogP contribution < -0.4 is 10.6 Å². The molecule has 0 spiro atoms. The fraction of sp³-hybridized carbons (Fsp3) is 0.471. The molecule has 4 nitrogen and oxygen atoms in total. The molecule has 4 aliphatic carbocycles. The van der Waals surface area contributed by atoms with Crippen LogP contribution in [0.4, 0.5) is 11.4 Å². The summed E-state index contributed by atoms with van der Waals surface area (Å²) < 4.78 is 0. The molecule has 2 N–H and O–H groups in total. The standard InChI is InChI=1S/C34H40N2O2/c1-31(2)27-15-17-33(31,5)29(37)25(27)19-35-23-11-7-21(8-12-23)22-9-13-24(14-10-22)36-20-26-28-16-18-34(6,30(26)38)32(28,3)4/h7-14,19-20,27-28,35-36H,15-18H2,1-6H3. The topological polar surface area (TPSA) is 58.2 Å². The molecule has 4 bridgehead atoms. The lowest BCUT2D eigenvalue weighted by Gasteiger charge is -2.31. The van der Waals surface area contributed by atoms with Gasteiger partial charge in [-0.2, -0.15) is 0 Å². The van der Waals surface area contributed by atoms with Crippen molar-refractivity contribution in [2.75, 3.05) is 10.6 Å². The van der Waals surface area contributed by atoms with E-state index >= 15 is 0 Å². The fourth-order valence-corrected chi connectivity index (χ4v) is 8.03. The van der Waals surface area contributed by atoms with E-state index in [0.29, 0.717) is 23.4 Å². The molecule has 4 saturated carbocycles. The molecular weight excluding hydrogens is 468 g/mol. The lowest BCUT2D eigenvalue weighted by molar-refractivity contribution is -0.126. The first kappa shape index (κ1) is 25.2. The Morgan fingerprint density at radius 2 is 0.947 bits per heavy atom. The third kappa shape index (κ3) is 3.28. The molecule has 0 saturated heterocycles. The third-order valence-corrected chi connectivity index (χ3v) is 11.6. The summed E-state index contributed by atoms with van der Waals surface area (Å²) in [6.07, 6.45) is 8.09. The highest BCUT2D eigenvalue weighted by atomic mass is 16.1. The summed E-state index contributed by atoms with van der Waals surface area (Å²) in [6.45, 7) is 13.3. The largest absolute Gasteiger partial charge is 0.361 e. The maximum atomic E-state index is 13.1. The lowest BCUT2D eigenvalue weighted by Crippen LogP contribution is -2.32. The Kier molecular flexibility index (Phi) is 5.41. The number of nitrogens with one attached hydrogen (secondary N) is 2. The molecule has 38 heavy (non-hydrogen) atoms. The maximum Gasteiger partial charge on any atom is 0.167 e. The van der Waals surface area contributed by atoms with Crippen LogP contribution in [-0.4, -0.2) is 11.6 Å². The molecule has 4 unspecified atom stereocenters. The molecule has 0 radical (unpaired) electrons.